The third kappa shape index (κ3) is 1.16. The highest BCUT2D eigenvalue weighted by Gasteiger charge is 2.37. The zero-order valence-corrected chi connectivity index (χ0v) is 7.27. The van der Waals surface area contributed by atoms with Crippen LogP contribution in [0.4, 0.5) is 4.79 Å². The van der Waals surface area contributed by atoms with Gasteiger partial charge in [-0.05, 0) is 0 Å². The predicted octanol–water partition coefficient (Wildman–Crippen LogP) is -1.12. The molecule has 6 heteroatoms. The number of hydrogen-bond donors (Lipinski definition) is 1. The summed E-state index contributed by atoms with van der Waals surface area (Å²) in [5.41, 5.74) is 4.90. The van der Waals surface area contributed by atoms with E-state index < -0.39 is 17.8 Å². The fourth-order valence-electron chi connectivity index (χ4n) is 0.994. The molecule has 1 aliphatic heterocycles. The van der Waals surface area contributed by atoms with Gasteiger partial charge in [-0.25, -0.2) is 4.79 Å². The summed E-state index contributed by atoms with van der Waals surface area (Å²) in [6.45, 7) is 0. The van der Waals surface area contributed by atoms with E-state index in [4.69, 9.17) is 5.73 Å². The number of carbonyl (C=O) groups excluding carboxylic acids is 3. The molecule has 1 rings (SSSR count). The van der Waals surface area contributed by atoms with Crippen molar-refractivity contribution in [3.63, 3.8) is 0 Å². The molecule has 4 amide bonds. The minimum Gasteiger partial charge on any atom is -0.404 e. The summed E-state index contributed by atoms with van der Waals surface area (Å²) in [5.74, 6) is -1.34. The standard InChI is InChI=1S/C7H9N3O3/c1-9-5(11)4(3-8)6(12)10(2)7(9)13/h3H,8H2,1-2H3. The van der Waals surface area contributed by atoms with Gasteiger partial charge in [0.15, 0.2) is 0 Å². The summed E-state index contributed by atoms with van der Waals surface area (Å²) in [6.07, 6.45) is 0.907. The van der Waals surface area contributed by atoms with Gasteiger partial charge in [-0.2, -0.15) is 0 Å². The first kappa shape index (κ1) is 9.24. The van der Waals surface area contributed by atoms with Gasteiger partial charge in [-0.15, -0.1) is 0 Å². The fourth-order valence-corrected chi connectivity index (χ4v) is 0.994. The number of imide groups is 2. The fraction of sp³-hybridized carbons (Fsp3) is 0.286. The van der Waals surface area contributed by atoms with Crippen LogP contribution in [0.3, 0.4) is 0 Å². The third-order valence-corrected chi connectivity index (χ3v) is 1.81. The van der Waals surface area contributed by atoms with Crippen LogP contribution in [0.2, 0.25) is 0 Å². The number of nitrogens with zero attached hydrogens (tertiary/aromatic N) is 2. The van der Waals surface area contributed by atoms with E-state index in [1.807, 2.05) is 0 Å². The molecule has 1 fully saturated rings. The van der Waals surface area contributed by atoms with Crippen molar-refractivity contribution in [2.45, 2.75) is 0 Å². The number of barbiturate groups is 1. The summed E-state index contributed by atoms with van der Waals surface area (Å²) in [6, 6.07) is -0.652. The van der Waals surface area contributed by atoms with Crippen LogP contribution < -0.4 is 5.73 Å². The Morgan fingerprint density at radius 2 is 1.46 bits per heavy atom. The monoisotopic (exact) mass is 183 g/mol. The van der Waals surface area contributed by atoms with E-state index in [0.717, 1.165) is 16.0 Å². The Morgan fingerprint density at radius 3 is 1.77 bits per heavy atom. The highest BCUT2D eigenvalue weighted by molar-refractivity contribution is 6.28. The topological polar surface area (TPSA) is 83.7 Å². The van der Waals surface area contributed by atoms with Crippen LogP contribution in [0, 0.1) is 0 Å². The lowest BCUT2D eigenvalue weighted by atomic mass is 10.2. The Kier molecular flexibility index (Phi) is 2.05. The second kappa shape index (κ2) is 2.89. The Bertz CT molecular complexity index is 295. The van der Waals surface area contributed by atoms with Gasteiger partial charge in [-0.3, -0.25) is 19.4 Å². The van der Waals surface area contributed by atoms with Crippen LogP contribution in [-0.4, -0.2) is 41.7 Å². The molecule has 0 bridgehead atoms. The van der Waals surface area contributed by atoms with Crippen molar-refractivity contribution < 1.29 is 14.4 Å². The maximum atomic E-state index is 11.2. The second-order valence-electron chi connectivity index (χ2n) is 2.59. The van der Waals surface area contributed by atoms with Crippen molar-refractivity contribution in [1.82, 2.24) is 9.80 Å². The smallest absolute Gasteiger partial charge is 0.333 e. The molecule has 1 aliphatic rings. The number of hydrogen-bond acceptors (Lipinski definition) is 4. The molecular weight excluding hydrogens is 174 g/mol. The number of rotatable bonds is 0. The second-order valence-corrected chi connectivity index (χ2v) is 2.59. The summed E-state index contributed by atoms with van der Waals surface area (Å²) < 4.78 is 0. The van der Waals surface area contributed by atoms with Gasteiger partial charge in [0, 0.05) is 20.3 Å². The van der Waals surface area contributed by atoms with E-state index in [-0.39, 0.29) is 5.57 Å². The van der Waals surface area contributed by atoms with Gasteiger partial charge in [0.05, 0.1) is 0 Å². The first-order valence-electron chi connectivity index (χ1n) is 3.52. The van der Waals surface area contributed by atoms with Gasteiger partial charge in [-0.1, -0.05) is 0 Å². The Hall–Kier alpha value is -1.85. The molecule has 0 aliphatic carbocycles. The molecule has 6 nitrogen and oxygen atoms in total. The molecule has 0 unspecified atom stereocenters. The molecule has 13 heavy (non-hydrogen) atoms. The molecule has 0 aromatic rings. The van der Waals surface area contributed by atoms with Crippen molar-refractivity contribution in [2.24, 2.45) is 5.73 Å². The number of carbonyl (C=O) groups is 3. The van der Waals surface area contributed by atoms with Gasteiger partial charge in [0.2, 0.25) is 0 Å². The van der Waals surface area contributed by atoms with Crippen molar-refractivity contribution in [3.05, 3.63) is 11.8 Å². The highest BCUT2D eigenvalue weighted by Crippen LogP contribution is 2.12. The van der Waals surface area contributed by atoms with Crippen LogP contribution in [0.25, 0.3) is 0 Å². The van der Waals surface area contributed by atoms with E-state index in [0.29, 0.717) is 0 Å². The maximum Gasteiger partial charge on any atom is 0.333 e. The lowest BCUT2D eigenvalue weighted by molar-refractivity contribution is -0.134. The van der Waals surface area contributed by atoms with Crippen LogP contribution in [0.15, 0.2) is 11.8 Å². The number of nitrogens with two attached hydrogens (primary N) is 1. The number of urea groups is 1. The van der Waals surface area contributed by atoms with E-state index in [9.17, 15) is 14.4 Å². The minimum atomic E-state index is -0.671. The Morgan fingerprint density at radius 1 is 1.08 bits per heavy atom. The normalized spacial score (nSPS) is 18.3. The molecule has 1 saturated heterocycles. The van der Waals surface area contributed by atoms with Crippen LogP contribution in [0.1, 0.15) is 0 Å². The highest BCUT2D eigenvalue weighted by atomic mass is 16.2. The van der Waals surface area contributed by atoms with Gasteiger partial charge in [0.1, 0.15) is 5.57 Å². The zero-order chi connectivity index (χ0) is 10.2. The first-order valence-corrected chi connectivity index (χ1v) is 3.52. The molecule has 0 saturated carbocycles. The molecule has 0 radical (unpaired) electrons. The average Bonchev–Trinajstić information content (AvgIpc) is 2.13. The average molecular weight is 183 g/mol. The van der Waals surface area contributed by atoms with Gasteiger partial charge in [0.25, 0.3) is 11.8 Å². The SMILES string of the molecule is CN1C(=O)C(=CN)C(=O)N(C)C1=O. The summed E-state index contributed by atoms with van der Waals surface area (Å²) >= 11 is 0. The summed E-state index contributed by atoms with van der Waals surface area (Å²) in [5, 5.41) is 0. The molecule has 0 spiro atoms. The molecule has 0 atom stereocenters. The van der Waals surface area contributed by atoms with Gasteiger partial charge >= 0.3 is 6.03 Å². The number of likely N-dealkylation sites (N-methyl/N-ethyl adjacent to an activating group) is 2. The van der Waals surface area contributed by atoms with Crippen LogP contribution in [-0.2, 0) is 9.59 Å². The summed E-state index contributed by atoms with van der Waals surface area (Å²) in [4.78, 5) is 35.3. The predicted molar refractivity (Wildman–Crippen MR) is 43.2 cm³/mol. The Labute approximate surface area is 74.6 Å². The van der Waals surface area contributed by atoms with E-state index >= 15 is 0 Å². The van der Waals surface area contributed by atoms with Crippen molar-refractivity contribution in [3.8, 4) is 0 Å². The third-order valence-electron chi connectivity index (χ3n) is 1.81. The number of amides is 4. The molecule has 0 aromatic carbocycles. The van der Waals surface area contributed by atoms with Gasteiger partial charge < -0.3 is 5.73 Å². The van der Waals surface area contributed by atoms with Crippen molar-refractivity contribution in [1.29, 1.82) is 0 Å². The maximum absolute atomic E-state index is 11.2. The van der Waals surface area contributed by atoms with Crippen molar-refractivity contribution >= 4 is 17.8 Å². The lowest BCUT2D eigenvalue weighted by Crippen LogP contribution is -2.53. The lowest BCUT2D eigenvalue weighted by Gasteiger charge is -2.28. The Balaban J connectivity index is 3.14. The van der Waals surface area contributed by atoms with Crippen LogP contribution in [0.5, 0.6) is 0 Å². The zero-order valence-electron chi connectivity index (χ0n) is 7.27. The van der Waals surface area contributed by atoms with Crippen molar-refractivity contribution in [2.75, 3.05) is 14.1 Å². The molecule has 1 heterocycles. The minimum absolute atomic E-state index is 0.190. The van der Waals surface area contributed by atoms with E-state index in [1.165, 1.54) is 14.1 Å². The van der Waals surface area contributed by atoms with E-state index in [2.05, 4.69) is 0 Å². The summed E-state index contributed by atoms with van der Waals surface area (Å²) in [7, 11) is 2.58. The molecule has 70 valence electrons. The first-order chi connectivity index (χ1) is 6.00. The largest absolute Gasteiger partial charge is 0.404 e. The molecule has 0 aromatic heterocycles. The molecular formula is C7H9N3O3. The quantitative estimate of drug-likeness (QED) is 0.381. The molecule has 2 N–H and O–H groups in total. The van der Waals surface area contributed by atoms with Crippen LogP contribution >= 0.6 is 0 Å². The van der Waals surface area contributed by atoms with E-state index in [1.54, 1.807) is 0 Å².